The van der Waals surface area contributed by atoms with E-state index in [2.05, 4.69) is 0 Å². The third-order valence-corrected chi connectivity index (χ3v) is 2.19. The molecule has 2 rings (SSSR count). The number of rotatable bonds is 2. The van der Waals surface area contributed by atoms with Crippen LogP contribution in [0.25, 0.3) is 0 Å². The van der Waals surface area contributed by atoms with Gasteiger partial charge in [0.05, 0.1) is 6.26 Å². The molecule has 14 heavy (non-hydrogen) atoms. The highest BCUT2D eigenvalue weighted by Gasteiger charge is 2.12. The van der Waals surface area contributed by atoms with Crippen LogP contribution in [0.2, 0.25) is 0 Å². The molecule has 1 aliphatic heterocycles. The summed E-state index contributed by atoms with van der Waals surface area (Å²) in [4.78, 5) is 0. The Balaban J connectivity index is 1.96. The van der Waals surface area contributed by atoms with E-state index in [0.29, 0.717) is 6.54 Å². The quantitative estimate of drug-likeness (QED) is 0.714. The Morgan fingerprint density at radius 2 is 2.14 bits per heavy atom. The molecular weight excluding hydrogens is 178 g/mol. The summed E-state index contributed by atoms with van der Waals surface area (Å²) < 4.78 is 5.33. The normalized spacial score (nSPS) is 20.6. The lowest BCUT2D eigenvalue weighted by Crippen LogP contribution is -2.30. The summed E-state index contributed by atoms with van der Waals surface area (Å²) in [6.07, 6.45) is 3.62. The second kappa shape index (κ2) is 4.15. The molecule has 0 saturated heterocycles. The zero-order valence-corrected chi connectivity index (χ0v) is 7.80. The first-order valence-corrected chi connectivity index (χ1v) is 4.64. The molecule has 3 heteroatoms. The Morgan fingerprint density at radius 1 is 1.36 bits per heavy atom. The van der Waals surface area contributed by atoms with Crippen molar-refractivity contribution in [2.24, 2.45) is 0 Å². The van der Waals surface area contributed by atoms with Crippen molar-refractivity contribution in [3.8, 4) is 0 Å². The van der Waals surface area contributed by atoms with Gasteiger partial charge in [-0.15, -0.1) is 0 Å². The lowest BCUT2D eigenvalue weighted by Gasteiger charge is -2.34. The summed E-state index contributed by atoms with van der Waals surface area (Å²) in [5, 5.41) is 11.9. The van der Waals surface area contributed by atoms with Gasteiger partial charge >= 0.3 is 0 Å². The molecule has 0 aliphatic carbocycles. The van der Waals surface area contributed by atoms with Crippen LogP contribution in [0.5, 0.6) is 0 Å². The van der Waals surface area contributed by atoms with E-state index in [1.165, 1.54) is 18.0 Å². The van der Waals surface area contributed by atoms with Gasteiger partial charge in [0.15, 0.2) is 0 Å². The molecule has 0 fully saturated rings. The third kappa shape index (κ3) is 2.26. The minimum atomic E-state index is -0.0279. The van der Waals surface area contributed by atoms with Crippen molar-refractivity contribution in [1.82, 2.24) is 5.06 Å². The number of benzene rings is 1. The van der Waals surface area contributed by atoms with Gasteiger partial charge in [0, 0.05) is 19.2 Å². The van der Waals surface area contributed by atoms with Crippen molar-refractivity contribution in [3.05, 3.63) is 53.6 Å². The molecule has 0 radical (unpaired) electrons. The van der Waals surface area contributed by atoms with Crippen LogP contribution in [0.3, 0.4) is 0 Å². The zero-order chi connectivity index (χ0) is 9.80. The smallest absolute Gasteiger partial charge is 0.118 e. The molecule has 1 unspecified atom stereocenters. The van der Waals surface area contributed by atoms with Gasteiger partial charge < -0.3 is 15.0 Å². The minimum absolute atomic E-state index is 0.0279. The third-order valence-electron chi connectivity index (χ3n) is 2.19. The first kappa shape index (κ1) is 9.09. The SMILES string of the molecule is [O-]N1C=COC(Cc2ccccc2)C1. The summed E-state index contributed by atoms with van der Waals surface area (Å²) in [6.45, 7) is 0.408. The molecule has 0 bridgehead atoms. The maximum atomic E-state index is 11.0. The van der Waals surface area contributed by atoms with Gasteiger partial charge in [0.25, 0.3) is 0 Å². The van der Waals surface area contributed by atoms with Gasteiger partial charge in [-0.05, 0) is 5.56 Å². The van der Waals surface area contributed by atoms with Crippen LogP contribution < -0.4 is 0 Å². The van der Waals surface area contributed by atoms with Crippen molar-refractivity contribution in [1.29, 1.82) is 0 Å². The van der Waals surface area contributed by atoms with Gasteiger partial charge in [0.2, 0.25) is 0 Å². The summed E-state index contributed by atoms with van der Waals surface area (Å²) in [7, 11) is 0. The van der Waals surface area contributed by atoms with E-state index < -0.39 is 0 Å². The average Bonchev–Trinajstić information content (AvgIpc) is 2.19. The topological polar surface area (TPSA) is 35.5 Å². The van der Waals surface area contributed by atoms with Gasteiger partial charge in [-0.1, -0.05) is 30.3 Å². The van der Waals surface area contributed by atoms with Crippen LogP contribution in [-0.2, 0) is 11.2 Å². The highest BCUT2D eigenvalue weighted by molar-refractivity contribution is 5.15. The molecule has 1 aromatic rings. The van der Waals surface area contributed by atoms with Crippen LogP contribution in [0.15, 0.2) is 42.8 Å². The number of nitrogens with zero attached hydrogens (tertiary/aromatic N) is 1. The Kier molecular flexibility index (Phi) is 2.70. The van der Waals surface area contributed by atoms with E-state index in [0.717, 1.165) is 11.5 Å². The predicted octanol–water partition coefficient (Wildman–Crippen LogP) is 1.90. The minimum Gasteiger partial charge on any atom is -0.759 e. The summed E-state index contributed by atoms with van der Waals surface area (Å²) in [5.41, 5.74) is 1.20. The molecule has 1 aliphatic rings. The lowest BCUT2D eigenvalue weighted by molar-refractivity contribution is 0.100. The molecule has 1 heterocycles. The molecule has 1 aromatic carbocycles. The highest BCUT2D eigenvalue weighted by atomic mass is 16.5. The first-order valence-electron chi connectivity index (χ1n) is 4.64. The van der Waals surface area contributed by atoms with Crippen LogP contribution in [-0.4, -0.2) is 17.7 Å². The van der Waals surface area contributed by atoms with E-state index in [9.17, 15) is 5.21 Å². The molecule has 3 nitrogen and oxygen atoms in total. The molecular formula is C11H12NO2-. The fourth-order valence-corrected chi connectivity index (χ4v) is 1.51. The van der Waals surface area contributed by atoms with Crippen molar-refractivity contribution < 1.29 is 4.74 Å². The lowest BCUT2D eigenvalue weighted by atomic mass is 10.1. The van der Waals surface area contributed by atoms with Crippen molar-refractivity contribution in [3.63, 3.8) is 0 Å². The van der Waals surface area contributed by atoms with Crippen LogP contribution in [0.4, 0.5) is 0 Å². The zero-order valence-electron chi connectivity index (χ0n) is 7.80. The summed E-state index contributed by atoms with van der Waals surface area (Å²) in [6, 6.07) is 10.0. The predicted molar refractivity (Wildman–Crippen MR) is 54.2 cm³/mol. The standard InChI is InChI=1S/C11H12NO2/c13-12-6-7-14-11(9-12)8-10-4-2-1-3-5-10/h1-7,11H,8-9H2/q-1. The van der Waals surface area contributed by atoms with Crippen LogP contribution in [0.1, 0.15) is 5.56 Å². The second-order valence-electron chi connectivity index (χ2n) is 3.33. The molecule has 0 saturated carbocycles. The monoisotopic (exact) mass is 190 g/mol. The van der Waals surface area contributed by atoms with Gasteiger partial charge in [0.1, 0.15) is 6.10 Å². The number of hydroxylamine groups is 2. The van der Waals surface area contributed by atoms with Crippen molar-refractivity contribution in [2.75, 3.05) is 6.54 Å². The van der Waals surface area contributed by atoms with E-state index in [1.54, 1.807) is 0 Å². The van der Waals surface area contributed by atoms with E-state index >= 15 is 0 Å². The fraction of sp³-hybridized carbons (Fsp3) is 0.273. The van der Waals surface area contributed by atoms with Crippen molar-refractivity contribution >= 4 is 0 Å². The van der Waals surface area contributed by atoms with E-state index in [1.807, 2.05) is 30.3 Å². The first-order chi connectivity index (χ1) is 6.84. The Labute approximate surface area is 83.2 Å². The summed E-state index contributed by atoms with van der Waals surface area (Å²) in [5.74, 6) is 0. The second-order valence-corrected chi connectivity index (χ2v) is 3.33. The largest absolute Gasteiger partial charge is 0.759 e. The van der Waals surface area contributed by atoms with Crippen molar-refractivity contribution in [2.45, 2.75) is 12.5 Å². The fourth-order valence-electron chi connectivity index (χ4n) is 1.51. The van der Waals surface area contributed by atoms with Crippen LogP contribution in [0, 0.1) is 5.21 Å². The highest BCUT2D eigenvalue weighted by Crippen LogP contribution is 2.11. The maximum absolute atomic E-state index is 11.0. The molecule has 0 spiro atoms. The average molecular weight is 190 g/mol. The maximum Gasteiger partial charge on any atom is 0.118 e. The van der Waals surface area contributed by atoms with Gasteiger partial charge in [-0.25, -0.2) is 0 Å². The number of hydrogen-bond acceptors (Lipinski definition) is 3. The van der Waals surface area contributed by atoms with E-state index in [4.69, 9.17) is 4.74 Å². The summed E-state index contributed by atoms with van der Waals surface area (Å²) >= 11 is 0. The van der Waals surface area contributed by atoms with Crippen LogP contribution >= 0.6 is 0 Å². The molecule has 1 atom stereocenters. The Morgan fingerprint density at radius 3 is 2.86 bits per heavy atom. The Bertz CT molecular complexity index is 310. The Hall–Kier alpha value is -1.48. The van der Waals surface area contributed by atoms with Gasteiger partial charge in [-0.2, -0.15) is 0 Å². The molecule has 74 valence electrons. The van der Waals surface area contributed by atoms with Gasteiger partial charge in [-0.3, -0.25) is 0 Å². The molecule has 0 N–H and O–H groups in total. The number of ether oxygens (including phenoxy) is 1. The number of hydrogen-bond donors (Lipinski definition) is 0. The molecule has 0 amide bonds. The van der Waals surface area contributed by atoms with E-state index in [-0.39, 0.29) is 6.10 Å². The molecule has 0 aromatic heterocycles.